The number of carbonyl (C=O) groups excluding carboxylic acids is 1. The number of nitrogens with two attached hydrogens (primary N) is 1. The van der Waals surface area contributed by atoms with Crippen LogP contribution in [-0.2, 0) is 17.8 Å². The molecule has 5 heteroatoms. The van der Waals surface area contributed by atoms with Gasteiger partial charge in [-0.3, -0.25) is 4.79 Å². The van der Waals surface area contributed by atoms with Gasteiger partial charge in [0.2, 0.25) is 0 Å². The minimum absolute atomic E-state index is 0.0751. The van der Waals surface area contributed by atoms with Gasteiger partial charge in [0, 0.05) is 24.9 Å². The van der Waals surface area contributed by atoms with Gasteiger partial charge in [0.05, 0.1) is 19.1 Å². The highest BCUT2D eigenvalue weighted by Gasteiger charge is 2.28. The van der Waals surface area contributed by atoms with Crippen LogP contribution in [-0.4, -0.2) is 37.6 Å². The van der Waals surface area contributed by atoms with Crippen molar-refractivity contribution < 1.29 is 19.4 Å². The fourth-order valence-electron chi connectivity index (χ4n) is 3.94. The Morgan fingerprint density at radius 1 is 1.11 bits per heavy atom. The van der Waals surface area contributed by atoms with E-state index in [1.807, 2.05) is 6.92 Å². The molecular formula is C23H32FN3O+2. The largest absolute Gasteiger partial charge is 0.351 e. The van der Waals surface area contributed by atoms with E-state index in [9.17, 15) is 9.18 Å². The van der Waals surface area contributed by atoms with E-state index in [0.717, 1.165) is 44.5 Å². The van der Waals surface area contributed by atoms with Gasteiger partial charge in [-0.1, -0.05) is 42.5 Å². The molecule has 1 amide bonds. The molecule has 0 radical (unpaired) electrons. The molecule has 1 atom stereocenters. The van der Waals surface area contributed by atoms with E-state index in [2.05, 4.69) is 41.0 Å². The molecule has 4 nitrogen and oxygen atoms in total. The summed E-state index contributed by atoms with van der Waals surface area (Å²) in [4.78, 5) is 14.0. The third kappa shape index (κ3) is 6.43. The molecule has 3 rings (SSSR count). The quantitative estimate of drug-likeness (QED) is 0.615. The number of quaternary nitrogens is 2. The van der Waals surface area contributed by atoms with Gasteiger partial charge in [-0.2, -0.15) is 0 Å². The second-order valence-corrected chi connectivity index (χ2v) is 7.90. The molecule has 28 heavy (non-hydrogen) atoms. The van der Waals surface area contributed by atoms with Crippen LogP contribution in [0.25, 0.3) is 0 Å². The molecule has 0 bridgehead atoms. The average Bonchev–Trinajstić information content (AvgIpc) is 2.71. The lowest BCUT2D eigenvalue weighted by atomic mass is 10.0. The number of nitrogens with one attached hydrogen (secondary N) is 2. The van der Waals surface area contributed by atoms with Crippen molar-refractivity contribution in [3.05, 3.63) is 71.5 Å². The summed E-state index contributed by atoms with van der Waals surface area (Å²) in [6, 6.07) is 17.6. The Morgan fingerprint density at radius 2 is 1.79 bits per heavy atom. The maximum atomic E-state index is 12.9. The predicted molar refractivity (Wildman–Crippen MR) is 108 cm³/mol. The summed E-state index contributed by atoms with van der Waals surface area (Å²) in [5.41, 5.74) is 2.43. The summed E-state index contributed by atoms with van der Waals surface area (Å²) in [6.45, 7) is 5.98. The fourth-order valence-corrected chi connectivity index (χ4v) is 3.94. The Hall–Kier alpha value is -2.24. The van der Waals surface area contributed by atoms with Crippen LogP contribution >= 0.6 is 0 Å². The third-order valence-corrected chi connectivity index (χ3v) is 5.63. The minimum Gasteiger partial charge on any atom is -0.351 e. The lowest BCUT2D eigenvalue weighted by Gasteiger charge is -2.29. The lowest BCUT2D eigenvalue weighted by molar-refractivity contribution is -0.926. The summed E-state index contributed by atoms with van der Waals surface area (Å²) in [5, 5.41) is 5.24. The molecule has 1 heterocycles. The Labute approximate surface area is 167 Å². The number of amides is 1. The van der Waals surface area contributed by atoms with E-state index in [-0.39, 0.29) is 17.8 Å². The molecule has 1 fully saturated rings. The van der Waals surface area contributed by atoms with Crippen molar-refractivity contribution >= 4 is 5.91 Å². The number of likely N-dealkylation sites (tertiary alicyclic amines) is 1. The maximum Gasteiger partial charge on any atom is 0.277 e. The van der Waals surface area contributed by atoms with E-state index >= 15 is 0 Å². The zero-order valence-electron chi connectivity index (χ0n) is 16.7. The van der Waals surface area contributed by atoms with E-state index in [1.54, 1.807) is 17.0 Å². The van der Waals surface area contributed by atoms with Gasteiger partial charge in [0.25, 0.3) is 5.91 Å². The summed E-state index contributed by atoms with van der Waals surface area (Å²) in [5.74, 6) is -0.145. The standard InChI is InChI=1S/C23H30FN3O/c1-18(23(28)25-14-11-19-7-9-21(24)10-8-19)26-22-12-15-27(16-13-22)17-20-5-3-2-4-6-20/h2-10,18,22,26H,11-17H2,1H3,(H,25,28)/p+2/t18-/m1/s1. The highest BCUT2D eigenvalue weighted by Crippen LogP contribution is 2.03. The van der Waals surface area contributed by atoms with Gasteiger partial charge < -0.3 is 15.5 Å². The van der Waals surface area contributed by atoms with E-state index in [0.29, 0.717) is 12.6 Å². The van der Waals surface area contributed by atoms with Crippen LogP contribution in [0.4, 0.5) is 4.39 Å². The number of rotatable bonds is 8. The van der Waals surface area contributed by atoms with Crippen molar-refractivity contribution in [1.29, 1.82) is 0 Å². The molecule has 0 saturated carbocycles. The summed E-state index contributed by atoms with van der Waals surface area (Å²) < 4.78 is 12.9. The molecular weight excluding hydrogens is 353 g/mol. The summed E-state index contributed by atoms with van der Waals surface area (Å²) >= 11 is 0. The van der Waals surface area contributed by atoms with Crippen molar-refractivity contribution in [2.24, 2.45) is 0 Å². The minimum atomic E-state index is -0.229. The van der Waals surface area contributed by atoms with Gasteiger partial charge in [0.1, 0.15) is 12.4 Å². The van der Waals surface area contributed by atoms with Crippen LogP contribution in [0.15, 0.2) is 54.6 Å². The van der Waals surface area contributed by atoms with Gasteiger partial charge in [0.15, 0.2) is 6.04 Å². The van der Waals surface area contributed by atoms with E-state index in [1.165, 1.54) is 17.7 Å². The van der Waals surface area contributed by atoms with Gasteiger partial charge in [-0.05, 0) is 31.0 Å². The van der Waals surface area contributed by atoms with Crippen LogP contribution in [0.1, 0.15) is 30.9 Å². The second kappa shape index (κ2) is 10.3. The van der Waals surface area contributed by atoms with Crippen LogP contribution in [0.3, 0.4) is 0 Å². The molecule has 150 valence electrons. The smallest absolute Gasteiger partial charge is 0.277 e. The van der Waals surface area contributed by atoms with Crippen molar-refractivity contribution in [3.63, 3.8) is 0 Å². The second-order valence-electron chi connectivity index (χ2n) is 7.90. The van der Waals surface area contributed by atoms with Crippen LogP contribution in [0.2, 0.25) is 0 Å². The Morgan fingerprint density at radius 3 is 2.46 bits per heavy atom. The predicted octanol–water partition coefficient (Wildman–Crippen LogP) is 0.684. The first-order chi connectivity index (χ1) is 13.6. The number of hydrogen-bond acceptors (Lipinski definition) is 1. The average molecular weight is 386 g/mol. The number of hydrogen-bond donors (Lipinski definition) is 3. The molecule has 0 unspecified atom stereocenters. The molecule has 4 N–H and O–H groups in total. The van der Waals surface area contributed by atoms with Crippen LogP contribution in [0, 0.1) is 5.82 Å². The molecule has 1 aliphatic heterocycles. The van der Waals surface area contributed by atoms with Crippen LogP contribution in [0.5, 0.6) is 0 Å². The molecule has 1 saturated heterocycles. The zero-order chi connectivity index (χ0) is 19.8. The molecule has 0 aromatic heterocycles. The Kier molecular flexibility index (Phi) is 7.57. The number of halogens is 1. The molecule has 0 aliphatic carbocycles. The highest BCUT2D eigenvalue weighted by molar-refractivity contribution is 5.79. The first-order valence-electron chi connectivity index (χ1n) is 10.3. The molecule has 2 aromatic carbocycles. The van der Waals surface area contributed by atoms with Crippen molar-refractivity contribution in [1.82, 2.24) is 5.32 Å². The van der Waals surface area contributed by atoms with Gasteiger partial charge in [-0.15, -0.1) is 0 Å². The number of carbonyl (C=O) groups is 1. The van der Waals surface area contributed by atoms with Crippen LogP contribution < -0.4 is 15.5 Å². The maximum absolute atomic E-state index is 12.9. The first kappa shape index (κ1) is 20.5. The first-order valence-corrected chi connectivity index (χ1v) is 10.3. The van der Waals surface area contributed by atoms with Crippen molar-refractivity contribution in [2.45, 2.75) is 44.8 Å². The molecule has 1 aliphatic rings. The van der Waals surface area contributed by atoms with Crippen molar-refractivity contribution in [3.8, 4) is 0 Å². The summed E-state index contributed by atoms with van der Waals surface area (Å²) in [6.07, 6.45) is 3.02. The zero-order valence-corrected chi connectivity index (χ0v) is 16.7. The van der Waals surface area contributed by atoms with Crippen molar-refractivity contribution in [2.75, 3.05) is 19.6 Å². The van der Waals surface area contributed by atoms with E-state index in [4.69, 9.17) is 0 Å². The fraction of sp³-hybridized carbons (Fsp3) is 0.435. The van der Waals surface area contributed by atoms with Gasteiger partial charge in [-0.25, -0.2) is 4.39 Å². The molecule has 0 spiro atoms. The molecule has 2 aromatic rings. The monoisotopic (exact) mass is 385 g/mol. The number of benzene rings is 2. The normalized spacial score (nSPS) is 20.5. The van der Waals surface area contributed by atoms with Gasteiger partial charge >= 0.3 is 0 Å². The Bertz CT molecular complexity index is 727. The number of piperidine rings is 1. The lowest BCUT2D eigenvalue weighted by Crippen LogP contribution is -3.14. The van der Waals surface area contributed by atoms with E-state index < -0.39 is 0 Å². The highest BCUT2D eigenvalue weighted by atomic mass is 19.1. The summed E-state index contributed by atoms with van der Waals surface area (Å²) in [7, 11) is 0. The topological polar surface area (TPSA) is 50.2 Å². The Balaban J connectivity index is 1.33. The third-order valence-electron chi connectivity index (χ3n) is 5.63. The SMILES string of the molecule is C[C@@H]([NH2+]C1CC[NH+](Cc2ccccc2)CC1)C(=O)NCCc1ccc(F)cc1.